The number of hydrogen-bond donors (Lipinski definition) is 0. The number of halogens is 1. The lowest BCUT2D eigenvalue weighted by atomic mass is 9.98. The number of nitrogens with zero attached hydrogens (tertiary/aromatic N) is 5. The zero-order valence-electron chi connectivity index (χ0n) is 17.8. The van der Waals surface area contributed by atoms with Gasteiger partial charge in [0.05, 0.1) is 33.2 Å². The van der Waals surface area contributed by atoms with Crippen molar-refractivity contribution in [3.8, 4) is 11.8 Å². The Morgan fingerprint density at radius 2 is 2.03 bits per heavy atom. The van der Waals surface area contributed by atoms with Crippen molar-refractivity contribution in [3.63, 3.8) is 0 Å². The molecule has 7 nitrogen and oxygen atoms in total. The Hall–Kier alpha value is -2.76. The van der Waals surface area contributed by atoms with Crippen LogP contribution in [0, 0.1) is 17.2 Å². The molecule has 1 aromatic carbocycles. The van der Waals surface area contributed by atoms with E-state index in [0.717, 1.165) is 50.3 Å². The predicted molar refractivity (Wildman–Crippen MR) is 126 cm³/mol. The Bertz CT molecular complexity index is 1100. The van der Waals surface area contributed by atoms with Crippen LogP contribution in [0.3, 0.4) is 0 Å². The van der Waals surface area contributed by atoms with Gasteiger partial charge in [-0.25, -0.2) is 19.2 Å². The van der Waals surface area contributed by atoms with Crippen LogP contribution in [0.5, 0.6) is 5.75 Å². The second-order valence-electron chi connectivity index (χ2n) is 7.80. The molecule has 2 aliphatic heterocycles. The number of ether oxygens (including phenoxy) is 1. The van der Waals surface area contributed by atoms with Crippen LogP contribution >= 0.6 is 11.6 Å². The van der Waals surface area contributed by atoms with Gasteiger partial charge in [-0.1, -0.05) is 24.9 Å². The molecule has 2 aliphatic rings. The highest BCUT2D eigenvalue weighted by atomic mass is 35.5. The monoisotopic (exact) mass is 469 g/mol. The van der Waals surface area contributed by atoms with Crippen molar-refractivity contribution in [1.82, 2.24) is 9.97 Å². The quantitative estimate of drug-likeness (QED) is 0.601. The SMILES string of the molecule is CCCc1cnc(N2CCC(C3=NC(COc4ccc(C#N)cc4Cl)=CS3=O)CC2)nc1. The van der Waals surface area contributed by atoms with E-state index >= 15 is 0 Å². The number of hydrogen-bond acceptors (Lipinski definition) is 7. The molecule has 3 heterocycles. The molecule has 0 spiro atoms. The summed E-state index contributed by atoms with van der Waals surface area (Å²) in [5, 5.41) is 11.7. The Morgan fingerprint density at radius 1 is 1.28 bits per heavy atom. The first-order chi connectivity index (χ1) is 15.6. The maximum Gasteiger partial charge on any atom is 0.225 e. The number of rotatable bonds is 7. The van der Waals surface area contributed by atoms with E-state index in [-0.39, 0.29) is 12.5 Å². The summed E-state index contributed by atoms with van der Waals surface area (Å²) in [6, 6.07) is 6.90. The van der Waals surface area contributed by atoms with E-state index in [0.29, 0.717) is 27.1 Å². The molecule has 4 rings (SSSR count). The second-order valence-corrected chi connectivity index (χ2v) is 9.46. The van der Waals surface area contributed by atoms with Gasteiger partial charge in [-0.05, 0) is 43.0 Å². The summed E-state index contributed by atoms with van der Waals surface area (Å²) in [5.41, 5.74) is 2.26. The summed E-state index contributed by atoms with van der Waals surface area (Å²) >= 11 is 6.15. The van der Waals surface area contributed by atoms with Gasteiger partial charge in [0.15, 0.2) is 0 Å². The largest absolute Gasteiger partial charge is 0.486 e. The lowest BCUT2D eigenvalue weighted by Crippen LogP contribution is -2.37. The summed E-state index contributed by atoms with van der Waals surface area (Å²) < 4.78 is 18.4. The summed E-state index contributed by atoms with van der Waals surface area (Å²) in [7, 11) is -1.24. The molecule has 9 heteroatoms. The van der Waals surface area contributed by atoms with E-state index in [1.807, 2.05) is 18.5 Å². The topological polar surface area (TPSA) is 91.5 Å². The number of benzene rings is 1. The van der Waals surface area contributed by atoms with Crippen LogP contribution in [0.2, 0.25) is 5.02 Å². The molecular formula is C23H24ClN5O2S. The van der Waals surface area contributed by atoms with Gasteiger partial charge < -0.3 is 9.64 Å². The first-order valence-electron chi connectivity index (χ1n) is 10.7. The molecule has 0 aliphatic carbocycles. The Morgan fingerprint density at radius 3 is 2.69 bits per heavy atom. The fraction of sp³-hybridized carbons (Fsp3) is 0.391. The number of aliphatic imine (C=N–C) groups is 1. The summed E-state index contributed by atoms with van der Waals surface area (Å²) in [6.07, 6.45) is 7.59. The molecule has 1 unspecified atom stereocenters. The normalized spacial score (nSPS) is 18.8. The maximum absolute atomic E-state index is 12.6. The zero-order chi connectivity index (χ0) is 22.5. The molecule has 1 fully saturated rings. The highest BCUT2D eigenvalue weighted by Gasteiger charge is 2.30. The fourth-order valence-corrected chi connectivity index (χ4v) is 5.31. The second kappa shape index (κ2) is 10.2. The first kappa shape index (κ1) is 22.4. The van der Waals surface area contributed by atoms with Crippen LogP contribution in [-0.4, -0.2) is 38.9 Å². The Labute approximate surface area is 195 Å². The molecule has 0 amide bonds. The number of nitriles is 1. The third kappa shape index (κ3) is 5.17. The van der Waals surface area contributed by atoms with Crippen LogP contribution in [0.4, 0.5) is 5.95 Å². The molecule has 1 atom stereocenters. The Balaban J connectivity index is 1.32. The summed E-state index contributed by atoms with van der Waals surface area (Å²) in [5.74, 6) is 1.39. The first-order valence-corrected chi connectivity index (χ1v) is 12.2. The van der Waals surface area contributed by atoms with Crippen molar-refractivity contribution >= 4 is 33.4 Å². The van der Waals surface area contributed by atoms with E-state index in [4.69, 9.17) is 21.6 Å². The van der Waals surface area contributed by atoms with Crippen molar-refractivity contribution < 1.29 is 8.95 Å². The minimum absolute atomic E-state index is 0.165. The van der Waals surface area contributed by atoms with Gasteiger partial charge in [0.25, 0.3) is 0 Å². The van der Waals surface area contributed by atoms with Gasteiger partial charge in [0, 0.05) is 36.8 Å². The smallest absolute Gasteiger partial charge is 0.225 e. The number of anilines is 1. The van der Waals surface area contributed by atoms with Gasteiger partial charge in [-0.2, -0.15) is 5.26 Å². The minimum atomic E-state index is -1.24. The molecule has 0 saturated carbocycles. The molecule has 0 bridgehead atoms. The van der Waals surface area contributed by atoms with Gasteiger partial charge in [-0.15, -0.1) is 0 Å². The van der Waals surface area contributed by atoms with Crippen molar-refractivity contribution in [2.45, 2.75) is 32.6 Å². The molecular weight excluding hydrogens is 446 g/mol. The maximum atomic E-state index is 12.6. The Kier molecular flexibility index (Phi) is 7.18. The molecule has 1 aromatic heterocycles. The van der Waals surface area contributed by atoms with Crippen molar-refractivity contribution in [2.75, 3.05) is 24.6 Å². The van der Waals surface area contributed by atoms with Crippen molar-refractivity contribution in [2.24, 2.45) is 10.9 Å². The highest BCUT2D eigenvalue weighted by Crippen LogP contribution is 2.29. The van der Waals surface area contributed by atoms with Crippen LogP contribution in [0.15, 0.2) is 46.7 Å². The van der Waals surface area contributed by atoms with Crippen LogP contribution in [0.1, 0.15) is 37.3 Å². The highest BCUT2D eigenvalue weighted by molar-refractivity contribution is 8.03. The fourth-order valence-electron chi connectivity index (χ4n) is 3.81. The average Bonchev–Trinajstić information content (AvgIpc) is 3.19. The van der Waals surface area contributed by atoms with Crippen molar-refractivity contribution in [3.05, 3.63) is 57.8 Å². The third-order valence-corrected chi connectivity index (χ3v) is 7.12. The van der Waals surface area contributed by atoms with E-state index in [9.17, 15) is 4.21 Å². The van der Waals surface area contributed by atoms with Crippen LogP contribution < -0.4 is 9.64 Å². The number of piperidine rings is 1. The molecule has 2 aromatic rings. The van der Waals surface area contributed by atoms with Crippen LogP contribution in [-0.2, 0) is 17.2 Å². The van der Waals surface area contributed by atoms with E-state index in [2.05, 4.69) is 26.8 Å². The molecule has 166 valence electrons. The average molecular weight is 470 g/mol. The van der Waals surface area contributed by atoms with Crippen molar-refractivity contribution in [1.29, 1.82) is 5.26 Å². The molecule has 32 heavy (non-hydrogen) atoms. The van der Waals surface area contributed by atoms with E-state index < -0.39 is 10.8 Å². The lowest BCUT2D eigenvalue weighted by molar-refractivity contribution is 0.351. The standard InChI is InChI=1S/C23H24ClN5O2S/c1-2-3-17-12-26-23(27-13-17)29-8-6-18(7-9-29)22-28-19(15-32(22)30)14-31-21-5-4-16(11-25)10-20(21)24/h4-5,10,12-13,15,18H,2-3,6-9,14H2,1H3. The predicted octanol–water partition coefficient (Wildman–Crippen LogP) is 4.25. The number of aryl methyl sites for hydroxylation is 1. The lowest BCUT2D eigenvalue weighted by Gasteiger charge is -2.31. The third-order valence-electron chi connectivity index (χ3n) is 5.50. The zero-order valence-corrected chi connectivity index (χ0v) is 19.4. The summed E-state index contributed by atoms with van der Waals surface area (Å²) in [4.78, 5) is 15.8. The molecule has 0 N–H and O–H groups in total. The van der Waals surface area contributed by atoms with Gasteiger partial charge in [-0.3, -0.25) is 0 Å². The van der Waals surface area contributed by atoms with E-state index in [1.54, 1.807) is 23.6 Å². The van der Waals surface area contributed by atoms with Crippen LogP contribution in [0.25, 0.3) is 0 Å². The van der Waals surface area contributed by atoms with E-state index in [1.165, 1.54) is 0 Å². The van der Waals surface area contributed by atoms with Gasteiger partial charge in [0.1, 0.15) is 17.4 Å². The summed E-state index contributed by atoms with van der Waals surface area (Å²) in [6.45, 7) is 3.93. The molecule has 0 radical (unpaired) electrons. The molecule has 1 saturated heterocycles. The minimum Gasteiger partial charge on any atom is -0.486 e. The van der Waals surface area contributed by atoms with Gasteiger partial charge >= 0.3 is 0 Å². The van der Waals surface area contributed by atoms with Gasteiger partial charge in [0.2, 0.25) is 5.95 Å². The number of aromatic nitrogens is 2.